The Morgan fingerprint density at radius 2 is 1.95 bits per heavy atom. The fourth-order valence-electron chi connectivity index (χ4n) is 2.00. The third kappa shape index (κ3) is 3.19. The Morgan fingerprint density at radius 1 is 1.26 bits per heavy atom. The van der Waals surface area contributed by atoms with Gasteiger partial charge >= 0.3 is 0 Å². The van der Waals surface area contributed by atoms with Crippen molar-refractivity contribution in [2.24, 2.45) is 0 Å². The molecule has 0 N–H and O–H groups in total. The van der Waals surface area contributed by atoms with Gasteiger partial charge in [-0.3, -0.25) is 0 Å². The predicted molar refractivity (Wildman–Crippen MR) is 73.1 cm³/mol. The molecule has 1 atom stereocenters. The lowest BCUT2D eigenvalue weighted by atomic mass is 10.2. The lowest BCUT2D eigenvalue weighted by Crippen LogP contribution is -2.44. The summed E-state index contributed by atoms with van der Waals surface area (Å²) < 4.78 is 36.6. The minimum atomic E-state index is -3.19. The van der Waals surface area contributed by atoms with Crippen molar-refractivity contribution < 1.29 is 17.9 Å². The summed E-state index contributed by atoms with van der Waals surface area (Å²) in [6, 6.07) is 7.41. The van der Waals surface area contributed by atoms with E-state index >= 15 is 0 Å². The fourth-order valence-corrected chi connectivity index (χ4v) is 3.15. The number of sulfonamides is 1. The highest BCUT2D eigenvalue weighted by Gasteiger charge is 2.27. The van der Waals surface area contributed by atoms with Gasteiger partial charge in [0, 0.05) is 6.54 Å². The minimum absolute atomic E-state index is 0.102. The summed E-state index contributed by atoms with van der Waals surface area (Å²) in [4.78, 5) is 0. The molecular weight excluding hydrogens is 266 g/mol. The van der Waals surface area contributed by atoms with Gasteiger partial charge in [-0.2, -0.15) is 4.31 Å². The van der Waals surface area contributed by atoms with Gasteiger partial charge in [0.1, 0.15) is 12.7 Å². The molecule has 0 bridgehead atoms. The lowest BCUT2D eigenvalue weighted by Gasteiger charge is -2.30. The molecule has 0 saturated carbocycles. The van der Waals surface area contributed by atoms with Crippen molar-refractivity contribution in [2.75, 3.05) is 25.4 Å². The molecule has 0 radical (unpaired) electrons. The summed E-state index contributed by atoms with van der Waals surface area (Å²) in [5.41, 5.74) is 0. The number of fused-ring (bicyclic) bond motifs is 1. The standard InChI is InChI=1S/C13H19NO4S/c1-3-14(19(15,16)4-2)9-11-10-17-12-7-5-6-8-13(12)18-11/h5-8,11H,3-4,9-10H2,1-2H3/t11-/m1/s1. The summed E-state index contributed by atoms with van der Waals surface area (Å²) in [6.07, 6.45) is -0.267. The molecule has 0 saturated heterocycles. The molecule has 6 heteroatoms. The first kappa shape index (κ1) is 14.1. The largest absolute Gasteiger partial charge is 0.486 e. The van der Waals surface area contributed by atoms with Crippen molar-refractivity contribution in [2.45, 2.75) is 20.0 Å². The van der Waals surface area contributed by atoms with Crippen LogP contribution in [0.25, 0.3) is 0 Å². The molecule has 0 amide bonds. The van der Waals surface area contributed by atoms with Crippen LogP contribution in [0.4, 0.5) is 0 Å². The Labute approximate surface area is 114 Å². The van der Waals surface area contributed by atoms with Crippen molar-refractivity contribution >= 4 is 10.0 Å². The average Bonchev–Trinajstić information content (AvgIpc) is 2.44. The zero-order valence-corrected chi connectivity index (χ0v) is 12.0. The Kier molecular flexibility index (Phi) is 4.31. The second-order valence-electron chi connectivity index (χ2n) is 4.35. The van der Waals surface area contributed by atoms with Crippen LogP contribution in [-0.4, -0.2) is 44.3 Å². The van der Waals surface area contributed by atoms with Crippen LogP contribution in [0.2, 0.25) is 0 Å². The highest BCUT2D eigenvalue weighted by atomic mass is 32.2. The number of hydrogen-bond acceptors (Lipinski definition) is 4. The molecular formula is C13H19NO4S. The van der Waals surface area contributed by atoms with Crippen molar-refractivity contribution in [3.8, 4) is 11.5 Å². The normalized spacial score (nSPS) is 18.6. The maximum Gasteiger partial charge on any atom is 0.213 e. The molecule has 1 aromatic rings. The smallest absolute Gasteiger partial charge is 0.213 e. The third-order valence-electron chi connectivity index (χ3n) is 3.09. The van der Waals surface area contributed by atoms with Crippen molar-refractivity contribution in [1.82, 2.24) is 4.31 Å². The van der Waals surface area contributed by atoms with Gasteiger partial charge in [0.15, 0.2) is 11.5 Å². The maximum atomic E-state index is 11.9. The zero-order chi connectivity index (χ0) is 13.9. The van der Waals surface area contributed by atoms with Crippen LogP contribution in [0.1, 0.15) is 13.8 Å². The van der Waals surface area contributed by atoms with E-state index in [0.29, 0.717) is 31.2 Å². The highest BCUT2D eigenvalue weighted by Crippen LogP contribution is 2.31. The van der Waals surface area contributed by atoms with E-state index in [1.54, 1.807) is 6.92 Å². The van der Waals surface area contributed by atoms with Gasteiger partial charge in [-0.1, -0.05) is 19.1 Å². The van der Waals surface area contributed by atoms with E-state index in [4.69, 9.17) is 9.47 Å². The lowest BCUT2D eigenvalue weighted by molar-refractivity contribution is 0.0771. The summed E-state index contributed by atoms with van der Waals surface area (Å²) in [6.45, 7) is 4.60. The van der Waals surface area contributed by atoms with Crippen LogP contribution in [0.3, 0.4) is 0 Å². The first-order valence-electron chi connectivity index (χ1n) is 6.43. The van der Waals surface area contributed by atoms with E-state index in [1.807, 2.05) is 31.2 Å². The Bertz CT molecular complexity index is 529. The van der Waals surface area contributed by atoms with Crippen molar-refractivity contribution in [3.63, 3.8) is 0 Å². The van der Waals surface area contributed by atoms with Crippen LogP contribution in [-0.2, 0) is 10.0 Å². The van der Waals surface area contributed by atoms with Gasteiger partial charge in [0.25, 0.3) is 0 Å². The second kappa shape index (κ2) is 5.79. The molecule has 0 aliphatic carbocycles. The Hall–Kier alpha value is -1.27. The first-order chi connectivity index (χ1) is 9.06. The van der Waals surface area contributed by atoms with Crippen LogP contribution in [0.15, 0.2) is 24.3 Å². The number of benzene rings is 1. The Balaban J connectivity index is 2.06. The van der Waals surface area contributed by atoms with Gasteiger partial charge in [-0.05, 0) is 19.1 Å². The molecule has 1 aliphatic rings. The van der Waals surface area contributed by atoms with Crippen LogP contribution in [0, 0.1) is 0 Å². The number of likely N-dealkylation sites (N-methyl/N-ethyl adjacent to an activating group) is 1. The molecule has 106 valence electrons. The SMILES string of the molecule is CCN(C[C@@H]1COc2ccccc2O1)S(=O)(=O)CC. The molecule has 0 fully saturated rings. The molecule has 5 nitrogen and oxygen atoms in total. The molecule has 19 heavy (non-hydrogen) atoms. The molecule has 1 aliphatic heterocycles. The van der Waals surface area contributed by atoms with Gasteiger partial charge in [-0.25, -0.2) is 8.42 Å². The molecule has 2 rings (SSSR count). The van der Waals surface area contributed by atoms with Crippen LogP contribution in [0.5, 0.6) is 11.5 Å². The second-order valence-corrected chi connectivity index (χ2v) is 6.61. The minimum Gasteiger partial charge on any atom is -0.486 e. The van der Waals surface area contributed by atoms with Gasteiger partial charge in [0.2, 0.25) is 10.0 Å². The molecule has 0 aromatic heterocycles. The first-order valence-corrected chi connectivity index (χ1v) is 8.04. The van der Waals surface area contributed by atoms with E-state index < -0.39 is 10.0 Å². The highest BCUT2D eigenvalue weighted by molar-refractivity contribution is 7.89. The predicted octanol–water partition coefficient (Wildman–Crippen LogP) is 1.50. The van der Waals surface area contributed by atoms with Gasteiger partial charge in [-0.15, -0.1) is 0 Å². The van der Waals surface area contributed by atoms with Gasteiger partial charge < -0.3 is 9.47 Å². The molecule has 1 heterocycles. The summed E-state index contributed by atoms with van der Waals surface area (Å²) in [5, 5.41) is 0. The quantitative estimate of drug-likeness (QED) is 0.822. The average molecular weight is 285 g/mol. The molecule has 1 aromatic carbocycles. The van der Waals surface area contributed by atoms with E-state index in [0.717, 1.165) is 0 Å². The fraction of sp³-hybridized carbons (Fsp3) is 0.538. The van der Waals surface area contributed by atoms with Crippen LogP contribution >= 0.6 is 0 Å². The summed E-state index contributed by atoms with van der Waals surface area (Å²) in [7, 11) is -3.19. The number of rotatable bonds is 5. The maximum absolute atomic E-state index is 11.9. The number of para-hydroxylation sites is 2. The topological polar surface area (TPSA) is 55.8 Å². The van der Waals surface area contributed by atoms with E-state index in [-0.39, 0.29) is 11.9 Å². The molecule has 0 unspecified atom stereocenters. The Morgan fingerprint density at radius 3 is 2.58 bits per heavy atom. The zero-order valence-electron chi connectivity index (χ0n) is 11.2. The summed E-state index contributed by atoms with van der Waals surface area (Å²) in [5.74, 6) is 1.48. The van der Waals surface area contributed by atoms with Crippen LogP contribution < -0.4 is 9.47 Å². The van der Waals surface area contributed by atoms with Gasteiger partial charge in [0.05, 0.1) is 12.3 Å². The monoisotopic (exact) mass is 285 g/mol. The van der Waals surface area contributed by atoms with Crippen molar-refractivity contribution in [3.05, 3.63) is 24.3 Å². The third-order valence-corrected chi connectivity index (χ3v) is 5.01. The van der Waals surface area contributed by atoms with E-state index in [1.165, 1.54) is 4.31 Å². The number of ether oxygens (including phenoxy) is 2. The summed E-state index contributed by atoms with van der Waals surface area (Å²) >= 11 is 0. The van der Waals surface area contributed by atoms with E-state index in [2.05, 4.69) is 0 Å². The molecule has 0 spiro atoms. The number of hydrogen-bond donors (Lipinski definition) is 0. The van der Waals surface area contributed by atoms with E-state index in [9.17, 15) is 8.42 Å². The van der Waals surface area contributed by atoms with Crippen molar-refractivity contribution in [1.29, 1.82) is 0 Å². The number of nitrogens with zero attached hydrogens (tertiary/aromatic N) is 1.